The summed E-state index contributed by atoms with van der Waals surface area (Å²) < 4.78 is 8.90. The molecule has 1 spiro atoms. The van der Waals surface area contributed by atoms with Crippen LogP contribution < -0.4 is 0 Å². The van der Waals surface area contributed by atoms with E-state index in [1.165, 1.54) is 11.1 Å². The van der Waals surface area contributed by atoms with Gasteiger partial charge >= 0.3 is 6.09 Å². The highest BCUT2D eigenvalue weighted by atomic mass is 79.9. The van der Waals surface area contributed by atoms with E-state index < -0.39 is 5.60 Å². The Kier molecular flexibility index (Phi) is 4.57. The van der Waals surface area contributed by atoms with Gasteiger partial charge in [-0.2, -0.15) is 0 Å². The third-order valence-electron chi connectivity index (χ3n) is 5.64. The van der Waals surface area contributed by atoms with Crippen molar-refractivity contribution in [2.24, 2.45) is 0 Å². The molecule has 0 N–H and O–H groups in total. The second-order valence-corrected chi connectivity index (χ2v) is 9.33. The van der Waals surface area contributed by atoms with Crippen molar-refractivity contribution in [2.45, 2.75) is 57.6 Å². The van der Waals surface area contributed by atoms with Crippen molar-refractivity contribution in [3.8, 4) is 0 Å². The third kappa shape index (κ3) is 3.28. The summed E-state index contributed by atoms with van der Waals surface area (Å²) in [6, 6.07) is 8.72. The van der Waals surface area contributed by atoms with Gasteiger partial charge in [-0.25, -0.2) is 9.78 Å². The first-order valence-electron chi connectivity index (χ1n) is 9.58. The van der Waals surface area contributed by atoms with Gasteiger partial charge in [-0.1, -0.05) is 24.3 Å². The maximum atomic E-state index is 12.5. The van der Waals surface area contributed by atoms with Crippen molar-refractivity contribution >= 4 is 22.0 Å². The number of ether oxygens (including phenoxy) is 1. The molecule has 144 valence electrons. The van der Waals surface area contributed by atoms with Crippen LogP contribution in [0.1, 0.15) is 50.6 Å². The topological polar surface area (TPSA) is 47.4 Å². The highest BCUT2D eigenvalue weighted by Crippen LogP contribution is 2.45. The number of imidazole rings is 1. The maximum Gasteiger partial charge on any atom is 0.410 e. The molecule has 2 aliphatic heterocycles. The lowest BCUT2D eigenvalue weighted by Crippen LogP contribution is -2.48. The van der Waals surface area contributed by atoms with Gasteiger partial charge in [0, 0.05) is 19.6 Å². The molecule has 6 heteroatoms. The van der Waals surface area contributed by atoms with Crippen LogP contribution in [0.15, 0.2) is 35.1 Å². The lowest BCUT2D eigenvalue weighted by Gasteiger charge is -2.42. The number of aromatic nitrogens is 2. The molecule has 3 heterocycles. The summed E-state index contributed by atoms with van der Waals surface area (Å²) in [6.07, 6.45) is 4.39. The molecule has 0 bridgehead atoms. The quantitative estimate of drug-likeness (QED) is 0.615. The summed E-state index contributed by atoms with van der Waals surface area (Å²) in [5.74, 6) is 1.11. The van der Waals surface area contributed by atoms with Gasteiger partial charge in [-0.15, -0.1) is 0 Å². The van der Waals surface area contributed by atoms with Crippen molar-refractivity contribution in [1.29, 1.82) is 0 Å². The third-order valence-corrected chi connectivity index (χ3v) is 6.27. The van der Waals surface area contributed by atoms with E-state index in [0.717, 1.165) is 36.2 Å². The average molecular weight is 432 g/mol. The van der Waals surface area contributed by atoms with Gasteiger partial charge in [-0.3, -0.25) is 0 Å². The zero-order valence-corrected chi connectivity index (χ0v) is 17.8. The molecule has 1 amide bonds. The second-order valence-electron chi connectivity index (χ2n) is 8.51. The largest absolute Gasteiger partial charge is 0.444 e. The molecular formula is C21H26BrN3O2. The molecule has 0 unspecified atom stereocenters. The number of hydrogen-bond donors (Lipinski definition) is 0. The molecule has 0 aliphatic carbocycles. The van der Waals surface area contributed by atoms with E-state index in [9.17, 15) is 4.79 Å². The van der Waals surface area contributed by atoms with E-state index in [1.54, 1.807) is 0 Å². The van der Waals surface area contributed by atoms with E-state index in [-0.39, 0.29) is 11.5 Å². The molecule has 0 atom stereocenters. The van der Waals surface area contributed by atoms with E-state index in [4.69, 9.17) is 9.72 Å². The molecule has 0 saturated carbocycles. The van der Waals surface area contributed by atoms with Crippen LogP contribution in [0.5, 0.6) is 0 Å². The van der Waals surface area contributed by atoms with Crippen molar-refractivity contribution in [1.82, 2.24) is 14.5 Å². The van der Waals surface area contributed by atoms with E-state index in [1.807, 2.05) is 31.9 Å². The molecule has 1 fully saturated rings. The minimum atomic E-state index is -0.470. The highest BCUT2D eigenvalue weighted by molar-refractivity contribution is 9.10. The minimum Gasteiger partial charge on any atom is -0.444 e. The van der Waals surface area contributed by atoms with Crippen LogP contribution in [-0.4, -0.2) is 39.2 Å². The lowest BCUT2D eigenvalue weighted by molar-refractivity contribution is 0.0176. The van der Waals surface area contributed by atoms with Gasteiger partial charge in [0.05, 0.1) is 11.6 Å². The number of likely N-dealkylation sites (tertiary alicyclic amines) is 1. The molecular weight excluding hydrogens is 406 g/mol. The minimum absolute atomic E-state index is 0.155. The zero-order chi connectivity index (χ0) is 19.2. The normalized spacial score (nSPS) is 18.6. The summed E-state index contributed by atoms with van der Waals surface area (Å²) in [6.45, 7) is 8.00. The molecule has 1 saturated heterocycles. The smallest absolute Gasteiger partial charge is 0.410 e. The van der Waals surface area contributed by atoms with E-state index in [2.05, 4.69) is 44.8 Å². The summed E-state index contributed by atoms with van der Waals surface area (Å²) in [5, 5.41) is 0. The van der Waals surface area contributed by atoms with Gasteiger partial charge < -0.3 is 14.2 Å². The maximum absolute atomic E-state index is 12.5. The highest BCUT2D eigenvalue weighted by Gasteiger charge is 2.45. The molecule has 0 radical (unpaired) electrons. The Morgan fingerprint density at radius 1 is 1.19 bits per heavy atom. The summed E-state index contributed by atoms with van der Waals surface area (Å²) in [7, 11) is 0. The number of carbonyl (C=O) groups excluding carboxylic acids is 1. The van der Waals surface area contributed by atoms with Gasteiger partial charge in [0.2, 0.25) is 0 Å². The first-order valence-corrected chi connectivity index (χ1v) is 10.4. The zero-order valence-electron chi connectivity index (χ0n) is 16.2. The number of nitrogens with zero attached hydrogens (tertiary/aromatic N) is 3. The Hall–Kier alpha value is -1.82. The van der Waals surface area contributed by atoms with Crippen molar-refractivity contribution in [3.63, 3.8) is 0 Å². The number of carbonyl (C=O) groups is 1. The monoisotopic (exact) mass is 431 g/mol. The Bertz CT molecular complexity index is 861. The molecule has 5 nitrogen and oxygen atoms in total. The Morgan fingerprint density at radius 3 is 2.59 bits per heavy atom. The predicted molar refractivity (Wildman–Crippen MR) is 108 cm³/mol. The Morgan fingerprint density at radius 2 is 1.89 bits per heavy atom. The van der Waals surface area contributed by atoms with Crippen LogP contribution in [0.3, 0.4) is 0 Å². The lowest BCUT2D eigenvalue weighted by atomic mass is 9.70. The number of benzene rings is 1. The molecule has 2 aromatic rings. The van der Waals surface area contributed by atoms with Crippen LogP contribution in [0.25, 0.3) is 0 Å². The molecule has 27 heavy (non-hydrogen) atoms. The van der Waals surface area contributed by atoms with Gasteiger partial charge in [0.15, 0.2) is 0 Å². The number of piperidine rings is 1. The number of fused-ring (bicyclic) bond motifs is 4. The van der Waals surface area contributed by atoms with Gasteiger partial charge in [-0.05, 0) is 67.1 Å². The number of aryl methyl sites for hydroxylation is 1. The fraction of sp³-hybridized carbons (Fsp3) is 0.524. The van der Waals surface area contributed by atoms with Gasteiger partial charge in [0.25, 0.3) is 0 Å². The second kappa shape index (κ2) is 6.66. The van der Waals surface area contributed by atoms with E-state index >= 15 is 0 Å². The fourth-order valence-corrected chi connectivity index (χ4v) is 4.85. The van der Waals surface area contributed by atoms with Crippen LogP contribution in [0.2, 0.25) is 0 Å². The fourth-order valence-electron chi connectivity index (χ4n) is 4.40. The van der Waals surface area contributed by atoms with Crippen molar-refractivity contribution in [2.75, 3.05) is 13.1 Å². The molecule has 1 aromatic carbocycles. The first kappa shape index (κ1) is 18.5. The summed E-state index contributed by atoms with van der Waals surface area (Å²) in [4.78, 5) is 19.2. The first-order chi connectivity index (χ1) is 12.8. The van der Waals surface area contributed by atoms with Crippen molar-refractivity contribution < 1.29 is 9.53 Å². The van der Waals surface area contributed by atoms with Crippen molar-refractivity contribution in [3.05, 3.63) is 52.0 Å². The Balaban J connectivity index is 1.68. The molecule has 1 aromatic heterocycles. The Labute approximate surface area is 168 Å². The van der Waals surface area contributed by atoms with Crippen LogP contribution in [0.4, 0.5) is 4.79 Å². The standard InChI is InChI=1S/C21H26BrN3O2/c1-20(2,3)27-19(26)24-12-9-21(10-13-24)16-7-5-4-6-15(16)8-11-25-17(22)14-23-18(21)25/h4-7,14H,8-13H2,1-3H3. The van der Waals surface area contributed by atoms with Crippen LogP contribution >= 0.6 is 15.9 Å². The van der Waals surface area contributed by atoms with E-state index in [0.29, 0.717) is 13.1 Å². The number of hydrogen-bond acceptors (Lipinski definition) is 3. The summed E-state index contributed by atoms with van der Waals surface area (Å²) in [5.41, 5.74) is 2.13. The number of rotatable bonds is 0. The van der Waals surface area contributed by atoms with Crippen LogP contribution in [0, 0.1) is 0 Å². The molecule has 2 aliphatic rings. The van der Waals surface area contributed by atoms with Gasteiger partial charge in [0.1, 0.15) is 16.0 Å². The average Bonchev–Trinajstić information content (AvgIpc) is 2.94. The summed E-state index contributed by atoms with van der Waals surface area (Å²) >= 11 is 3.67. The number of halogens is 1. The predicted octanol–water partition coefficient (Wildman–Crippen LogP) is 4.52. The number of amides is 1. The molecule has 4 rings (SSSR count). The SMILES string of the molecule is CC(C)(C)OC(=O)N1CCC2(CC1)c1ccccc1CCn1c(Br)cnc12. The van der Waals surface area contributed by atoms with Crippen LogP contribution in [-0.2, 0) is 23.1 Å².